The Morgan fingerprint density at radius 3 is 2.19 bits per heavy atom. The highest BCUT2D eigenvalue weighted by atomic mass is 32.2. The van der Waals surface area contributed by atoms with E-state index in [2.05, 4.69) is 0 Å². The fraction of sp³-hybridized carbons (Fsp3) is 1.00. The van der Waals surface area contributed by atoms with Gasteiger partial charge in [0.25, 0.3) is 0 Å². The molecular weight excluding hydrogens is 305 g/mol. The third-order valence-electron chi connectivity index (χ3n) is 4.18. The molecule has 2 N–H and O–H groups in total. The van der Waals surface area contributed by atoms with Gasteiger partial charge in [0, 0.05) is 25.0 Å². The summed E-state index contributed by atoms with van der Waals surface area (Å²) < 4.78 is 62.7. The maximum Gasteiger partial charge on any atom is 0.389 e. The van der Waals surface area contributed by atoms with Gasteiger partial charge in [0.1, 0.15) is 0 Å². The zero-order valence-corrected chi connectivity index (χ0v) is 13.3. The number of likely N-dealkylation sites (N-methyl/N-ethyl adjacent to an activating group) is 1. The number of nitrogens with zero attached hydrogens (tertiary/aromatic N) is 1. The third kappa shape index (κ3) is 5.10. The van der Waals surface area contributed by atoms with Gasteiger partial charge in [0.05, 0.1) is 5.75 Å². The number of halogens is 3. The lowest BCUT2D eigenvalue weighted by molar-refractivity contribution is -0.134. The third-order valence-corrected chi connectivity index (χ3v) is 6.30. The molecule has 0 heterocycles. The van der Waals surface area contributed by atoms with E-state index in [9.17, 15) is 21.6 Å². The van der Waals surface area contributed by atoms with E-state index in [0.29, 0.717) is 12.8 Å². The summed E-state index contributed by atoms with van der Waals surface area (Å²) in [7, 11) is -3.71. The predicted molar refractivity (Wildman–Crippen MR) is 76.3 cm³/mol. The van der Waals surface area contributed by atoms with Gasteiger partial charge in [-0.2, -0.15) is 17.5 Å². The van der Waals surface area contributed by atoms with Crippen molar-refractivity contribution < 1.29 is 21.6 Å². The molecule has 0 saturated heterocycles. The molecule has 1 aliphatic rings. The van der Waals surface area contributed by atoms with Crippen LogP contribution in [0.5, 0.6) is 0 Å². The highest BCUT2D eigenvalue weighted by Crippen LogP contribution is 2.35. The summed E-state index contributed by atoms with van der Waals surface area (Å²) >= 11 is 0. The van der Waals surface area contributed by atoms with Crippen LogP contribution in [0.2, 0.25) is 0 Å². The van der Waals surface area contributed by atoms with Crippen LogP contribution in [0.1, 0.15) is 51.9 Å². The van der Waals surface area contributed by atoms with E-state index in [1.807, 2.05) is 0 Å². The van der Waals surface area contributed by atoms with Crippen LogP contribution in [0.4, 0.5) is 13.2 Å². The van der Waals surface area contributed by atoms with E-state index in [-0.39, 0.29) is 13.1 Å². The largest absolute Gasteiger partial charge is 0.389 e. The maximum atomic E-state index is 12.4. The van der Waals surface area contributed by atoms with Gasteiger partial charge in [-0.3, -0.25) is 0 Å². The van der Waals surface area contributed by atoms with E-state index in [1.165, 1.54) is 4.31 Å². The second-order valence-corrected chi connectivity index (χ2v) is 7.70. The van der Waals surface area contributed by atoms with Crippen molar-refractivity contribution in [3.8, 4) is 0 Å². The molecular formula is C13H25F3N2O2S. The predicted octanol–water partition coefficient (Wildman–Crippen LogP) is 2.64. The number of hydrogen-bond acceptors (Lipinski definition) is 3. The topological polar surface area (TPSA) is 63.4 Å². The van der Waals surface area contributed by atoms with Crippen molar-refractivity contribution in [2.24, 2.45) is 5.73 Å². The quantitative estimate of drug-likeness (QED) is 0.780. The van der Waals surface area contributed by atoms with Crippen LogP contribution < -0.4 is 5.73 Å². The van der Waals surface area contributed by atoms with Crippen molar-refractivity contribution in [2.45, 2.75) is 63.6 Å². The first-order chi connectivity index (χ1) is 9.67. The Balaban J connectivity index is 2.81. The molecule has 1 aliphatic carbocycles. The van der Waals surface area contributed by atoms with E-state index in [4.69, 9.17) is 5.73 Å². The number of rotatable bonds is 7. The van der Waals surface area contributed by atoms with Gasteiger partial charge in [-0.1, -0.05) is 26.2 Å². The Hall–Kier alpha value is -0.340. The van der Waals surface area contributed by atoms with Gasteiger partial charge in [0.2, 0.25) is 10.0 Å². The number of nitrogens with two attached hydrogens (primary N) is 1. The van der Waals surface area contributed by atoms with E-state index < -0.39 is 40.3 Å². The summed E-state index contributed by atoms with van der Waals surface area (Å²) in [5, 5.41) is 0. The second kappa shape index (κ2) is 7.28. The molecule has 0 amide bonds. The molecule has 8 heteroatoms. The molecule has 0 radical (unpaired) electrons. The standard InChI is InChI=1S/C13H25F3N2O2S/c1-2-18(12(11-17)7-4-3-5-8-12)21(19,20)10-6-9-13(14,15)16/h2-11,17H2,1H3. The van der Waals surface area contributed by atoms with E-state index in [0.717, 1.165) is 19.3 Å². The number of sulfonamides is 1. The minimum absolute atomic E-state index is 0.222. The Labute approximate surface area is 124 Å². The fourth-order valence-electron chi connectivity index (χ4n) is 3.16. The molecule has 0 aromatic carbocycles. The SMILES string of the molecule is CCN(C1(CN)CCCCC1)S(=O)(=O)CCCC(F)(F)F. The van der Waals surface area contributed by atoms with Crippen LogP contribution in [0.25, 0.3) is 0 Å². The Bertz CT molecular complexity index is 418. The Kier molecular flexibility index (Phi) is 6.49. The molecule has 1 fully saturated rings. The van der Waals surface area contributed by atoms with Gasteiger partial charge in [-0.05, 0) is 19.3 Å². The van der Waals surface area contributed by atoms with Gasteiger partial charge < -0.3 is 5.73 Å². The van der Waals surface area contributed by atoms with Crippen LogP contribution in [0.3, 0.4) is 0 Å². The minimum atomic E-state index is -4.32. The fourth-order valence-corrected chi connectivity index (χ4v) is 5.13. The molecule has 0 aliphatic heterocycles. The first-order valence-electron chi connectivity index (χ1n) is 7.44. The number of alkyl halides is 3. The van der Waals surface area contributed by atoms with Gasteiger partial charge >= 0.3 is 6.18 Å². The molecule has 126 valence electrons. The summed E-state index contributed by atoms with van der Waals surface area (Å²) in [5.41, 5.74) is 5.22. The van der Waals surface area contributed by atoms with Crippen molar-refractivity contribution in [3.63, 3.8) is 0 Å². The van der Waals surface area contributed by atoms with Gasteiger partial charge in [-0.25, -0.2) is 8.42 Å². The zero-order valence-electron chi connectivity index (χ0n) is 12.5. The van der Waals surface area contributed by atoms with Crippen LogP contribution >= 0.6 is 0 Å². The summed E-state index contributed by atoms with van der Waals surface area (Å²) in [4.78, 5) is 0. The van der Waals surface area contributed by atoms with Crippen LogP contribution in [0.15, 0.2) is 0 Å². The lowest BCUT2D eigenvalue weighted by Gasteiger charge is -2.44. The van der Waals surface area contributed by atoms with Crippen molar-refractivity contribution >= 4 is 10.0 Å². The lowest BCUT2D eigenvalue weighted by Crippen LogP contribution is -2.57. The molecule has 0 unspecified atom stereocenters. The summed E-state index contributed by atoms with van der Waals surface area (Å²) in [6.07, 6.45) is -1.54. The molecule has 1 saturated carbocycles. The van der Waals surface area contributed by atoms with Crippen LogP contribution in [-0.2, 0) is 10.0 Å². The highest BCUT2D eigenvalue weighted by Gasteiger charge is 2.42. The summed E-state index contributed by atoms with van der Waals surface area (Å²) in [6, 6.07) is 0. The van der Waals surface area contributed by atoms with Crippen molar-refractivity contribution in [1.29, 1.82) is 0 Å². The van der Waals surface area contributed by atoms with E-state index >= 15 is 0 Å². The number of hydrogen-bond donors (Lipinski definition) is 1. The van der Waals surface area contributed by atoms with Crippen molar-refractivity contribution in [2.75, 3.05) is 18.8 Å². The van der Waals surface area contributed by atoms with Crippen LogP contribution in [-0.4, -0.2) is 43.3 Å². The minimum Gasteiger partial charge on any atom is -0.329 e. The zero-order chi connectivity index (χ0) is 16.1. The monoisotopic (exact) mass is 330 g/mol. The molecule has 1 rings (SSSR count). The average molecular weight is 330 g/mol. The van der Waals surface area contributed by atoms with Gasteiger partial charge in [0.15, 0.2) is 0 Å². The summed E-state index contributed by atoms with van der Waals surface area (Å²) in [6.45, 7) is 2.19. The first kappa shape index (κ1) is 18.7. The Morgan fingerprint density at radius 1 is 1.19 bits per heavy atom. The molecule has 0 bridgehead atoms. The van der Waals surface area contributed by atoms with E-state index in [1.54, 1.807) is 6.92 Å². The Morgan fingerprint density at radius 2 is 1.76 bits per heavy atom. The van der Waals surface area contributed by atoms with Gasteiger partial charge in [-0.15, -0.1) is 0 Å². The molecule has 4 nitrogen and oxygen atoms in total. The lowest BCUT2D eigenvalue weighted by atomic mass is 9.81. The second-order valence-electron chi connectivity index (χ2n) is 5.69. The van der Waals surface area contributed by atoms with Crippen molar-refractivity contribution in [1.82, 2.24) is 4.31 Å². The highest BCUT2D eigenvalue weighted by molar-refractivity contribution is 7.89. The average Bonchev–Trinajstić information content (AvgIpc) is 2.38. The molecule has 0 spiro atoms. The normalized spacial score (nSPS) is 19.9. The van der Waals surface area contributed by atoms with Crippen molar-refractivity contribution in [3.05, 3.63) is 0 Å². The smallest absolute Gasteiger partial charge is 0.329 e. The molecule has 21 heavy (non-hydrogen) atoms. The molecule has 0 aromatic heterocycles. The molecule has 0 atom stereocenters. The van der Waals surface area contributed by atoms with Crippen LogP contribution in [0, 0.1) is 0 Å². The maximum absolute atomic E-state index is 12.4. The molecule has 0 aromatic rings. The first-order valence-corrected chi connectivity index (χ1v) is 9.05. The summed E-state index contributed by atoms with van der Waals surface area (Å²) in [5.74, 6) is -0.470.